The molecule has 37 heavy (non-hydrogen) atoms. The second-order valence-corrected chi connectivity index (χ2v) is 8.84. The maximum atomic E-state index is 12.3. The van der Waals surface area contributed by atoms with Crippen molar-refractivity contribution in [2.45, 2.75) is 26.0 Å². The standard InChI is InChI=1S/C24H31ClN2O4.C2H2O4/c1-29-21-11-19(12-22(13-21)30-2)17-31-16-18-7-9-27(10-8-18)15-24(28)26-14-20-5-3-4-6-23(20)25;3-1(4)2(5)6/h3-6,11-13,18H,7-10,14-17H2,1-2H3,(H,26,28);(H,3,4)(H,5,6). The summed E-state index contributed by atoms with van der Waals surface area (Å²) < 4.78 is 16.6. The maximum absolute atomic E-state index is 12.3. The fourth-order valence-electron chi connectivity index (χ4n) is 3.70. The van der Waals surface area contributed by atoms with Crippen molar-refractivity contribution < 1.29 is 38.8 Å². The molecule has 202 valence electrons. The van der Waals surface area contributed by atoms with Crippen LogP contribution in [0.2, 0.25) is 5.02 Å². The lowest BCUT2D eigenvalue weighted by Crippen LogP contribution is -2.42. The number of carboxylic acids is 2. The van der Waals surface area contributed by atoms with E-state index in [9.17, 15) is 4.79 Å². The Labute approximate surface area is 221 Å². The molecule has 1 aliphatic heterocycles. The van der Waals surface area contributed by atoms with Crippen molar-refractivity contribution in [1.29, 1.82) is 0 Å². The van der Waals surface area contributed by atoms with Crippen LogP contribution in [0.5, 0.6) is 11.5 Å². The van der Waals surface area contributed by atoms with E-state index < -0.39 is 11.9 Å². The van der Waals surface area contributed by atoms with E-state index in [4.69, 9.17) is 45.6 Å². The molecule has 0 aromatic heterocycles. The second-order valence-electron chi connectivity index (χ2n) is 8.43. The van der Waals surface area contributed by atoms with Gasteiger partial charge in [0.2, 0.25) is 5.91 Å². The number of likely N-dealkylation sites (tertiary alicyclic amines) is 1. The molecule has 0 atom stereocenters. The Morgan fingerprint density at radius 1 is 1.00 bits per heavy atom. The zero-order chi connectivity index (χ0) is 27.2. The van der Waals surface area contributed by atoms with Gasteiger partial charge in [0, 0.05) is 24.2 Å². The van der Waals surface area contributed by atoms with Crippen molar-refractivity contribution in [3.05, 3.63) is 58.6 Å². The molecule has 1 aliphatic rings. The summed E-state index contributed by atoms with van der Waals surface area (Å²) in [5.74, 6) is -1.58. The number of hydrogen-bond acceptors (Lipinski definition) is 7. The Morgan fingerprint density at radius 3 is 2.14 bits per heavy atom. The van der Waals surface area contributed by atoms with Gasteiger partial charge in [-0.05, 0) is 61.2 Å². The number of piperidine rings is 1. The highest BCUT2D eigenvalue weighted by Gasteiger charge is 2.21. The highest BCUT2D eigenvalue weighted by molar-refractivity contribution is 6.31. The smallest absolute Gasteiger partial charge is 0.414 e. The number of ether oxygens (including phenoxy) is 3. The summed E-state index contributed by atoms with van der Waals surface area (Å²) >= 11 is 6.14. The van der Waals surface area contributed by atoms with Crippen LogP contribution in [0.4, 0.5) is 0 Å². The quantitative estimate of drug-likeness (QED) is 0.391. The first-order chi connectivity index (χ1) is 17.7. The molecule has 0 aliphatic carbocycles. The molecule has 0 spiro atoms. The number of benzene rings is 2. The average Bonchev–Trinajstić information content (AvgIpc) is 2.89. The van der Waals surface area contributed by atoms with Gasteiger partial charge in [0.25, 0.3) is 0 Å². The normalized spacial score (nSPS) is 13.7. The molecule has 1 heterocycles. The van der Waals surface area contributed by atoms with Crippen LogP contribution in [0.1, 0.15) is 24.0 Å². The van der Waals surface area contributed by atoms with Gasteiger partial charge in [-0.15, -0.1) is 0 Å². The number of carbonyl (C=O) groups is 3. The van der Waals surface area contributed by atoms with Crippen LogP contribution in [0.25, 0.3) is 0 Å². The van der Waals surface area contributed by atoms with Gasteiger partial charge < -0.3 is 29.7 Å². The topological polar surface area (TPSA) is 135 Å². The van der Waals surface area contributed by atoms with Gasteiger partial charge in [0.15, 0.2) is 0 Å². The van der Waals surface area contributed by atoms with Crippen molar-refractivity contribution in [1.82, 2.24) is 10.2 Å². The lowest BCUT2D eigenvalue weighted by atomic mass is 9.98. The van der Waals surface area contributed by atoms with Gasteiger partial charge in [-0.2, -0.15) is 0 Å². The predicted octanol–water partition coefficient (Wildman–Crippen LogP) is 3.06. The Kier molecular flexibility index (Phi) is 12.7. The molecule has 0 bridgehead atoms. The molecule has 3 N–H and O–H groups in total. The van der Waals surface area contributed by atoms with Crippen molar-refractivity contribution in [3.63, 3.8) is 0 Å². The number of nitrogens with zero attached hydrogens (tertiary/aromatic N) is 1. The fraction of sp³-hybridized carbons (Fsp3) is 0.423. The lowest BCUT2D eigenvalue weighted by Gasteiger charge is -2.31. The molecule has 2 aromatic carbocycles. The van der Waals surface area contributed by atoms with E-state index in [0.717, 1.165) is 48.6 Å². The van der Waals surface area contributed by atoms with Crippen molar-refractivity contribution in [2.24, 2.45) is 5.92 Å². The molecule has 2 aromatic rings. The maximum Gasteiger partial charge on any atom is 0.414 e. The van der Waals surface area contributed by atoms with Crippen LogP contribution in [0.3, 0.4) is 0 Å². The van der Waals surface area contributed by atoms with Crippen molar-refractivity contribution in [3.8, 4) is 11.5 Å². The summed E-state index contributed by atoms with van der Waals surface area (Å²) in [5, 5.41) is 18.4. The Morgan fingerprint density at radius 2 is 1.59 bits per heavy atom. The molecule has 1 fully saturated rings. The third-order valence-corrected chi connectivity index (χ3v) is 6.09. The summed E-state index contributed by atoms with van der Waals surface area (Å²) in [7, 11) is 3.29. The van der Waals surface area contributed by atoms with E-state index in [-0.39, 0.29) is 5.91 Å². The number of hydrogen-bond donors (Lipinski definition) is 3. The number of carboxylic acid groups (broad SMARTS) is 2. The number of aliphatic carboxylic acids is 2. The van der Waals surface area contributed by atoms with E-state index in [2.05, 4.69) is 10.2 Å². The van der Waals surface area contributed by atoms with Crippen LogP contribution in [0.15, 0.2) is 42.5 Å². The van der Waals surface area contributed by atoms with E-state index in [1.54, 1.807) is 14.2 Å². The number of halogens is 1. The molecule has 11 heteroatoms. The summed E-state index contributed by atoms with van der Waals surface area (Å²) in [5.41, 5.74) is 1.96. The van der Waals surface area contributed by atoms with Gasteiger partial charge in [-0.3, -0.25) is 9.69 Å². The summed E-state index contributed by atoms with van der Waals surface area (Å²) in [4.78, 5) is 32.7. The molecule has 0 saturated carbocycles. The monoisotopic (exact) mass is 536 g/mol. The van der Waals surface area contributed by atoms with Crippen LogP contribution < -0.4 is 14.8 Å². The van der Waals surface area contributed by atoms with E-state index in [1.165, 1.54) is 0 Å². The number of amides is 1. The predicted molar refractivity (Wildman–Crippen MR) is 137 cm³/mol. The first kappa shape index (κ1) is 29.9. The molecule has 0 radical (unpaired) electrons. The fourth-order valence-corrected chi connectivity index (χ4v) is 3.90. The molecule has 1 saturated heterocycles. The average molecular weight is 537 g/mol. The minimum absolute atomic E-state index is 0.0293. The zero-order valence-electron chi connectivity index (χ0n) is 20.9. The molecule has 1 amide bonds. The molecule has 10 nitrogen and oxygen atoms in total. The third kappa shape index (κ3) is 11.1. The van der Waals surface area contributed by atoms with Crippen LogP contribution in [0, 0.1) is 5.92 Å². The largest absolute Gasteiger partial charge is 0.497 e. The summed E-state index contributed by atoms with van der Waals surface area (Å²) in [6, 6.07) is 13.3. The Hall–Kier alpha value is -3.34. The second kappa shape index (κ2) is 15.7. The molecule has 3 rings (SSSR count). The van der Waals surface area contributed by atoms with Crippen LogP contribution in [-0.4, -0.2) is 73.4 Å². The number of methoxy groups -OCH3 is 2. The van der Waals surface area contributed by atoms with Gasteiger partial charge in [0.05, 0.1) is 27.4 Å². The third-order valence-electron chi connectivity index (χ3n) is 5.72. The van der Waals surface area contributed by atoms with E-state index in [1.807, 2.05) is 42.5 Å². The highest BCUT2D eigenvalue weighted by atomic mass is 35.5. The molecular formula is C26H33ClN2O8. The van der Waals surface area contributed by atoms with E-state index in [0.29, 0.717) is 37.2 Å². The van der Waals surface area contributed by atoms with Crippen LogP contribution >= 0.6 is 11.6 Å². The molecule has 0 unspecified atom stereocenters. The molecular weight excluding hydrogens is 504 g/mol. The number of nitrogens with one attached hydrogen (secondary N) is 1. The van der Waals surface area contributed by atoms with Crippen LogP contribution in [-0.2, 0) is 32.3 Å². The van der Waals surface area contributed by atoms with Crippen molar-refractivity contribution in [2.75, 3.05) is 40.5 Å². The van der Waals surface area contributed by atoms with Gasteiger partial charge in [0.1, 0.15) is 11.5 Å². The van der Waals surface area contributed by atoms with Gasteiger partial charge in [-0.1, -0.05) is 29.8 Å². The highest BCUT2D eigenvalue weighted by Crippen LogP contribution is 2.24. The SMILES string of the molecule is COc1cc(COCC2CCN(CC(=O)NCc3ccccc3Cl)CC2)cc(OC)c1.O=C(O)C(=O)O. The zero-order valence-corrected chi connectivity index (χ0v) is 21.7. The summed E-state index contributed by atoms with van der Waals surface area (Å²) in [6.45, 7) is 3.92. The Bertz CT molecular complexity index is 1010. The minimum atomic E-state index is -1.82. The van der Waals surface area contributed by atoms with Gasteiger partial charge >= 0.3 is 11.9 Å². The first-order valence-electron chi connectivity index (χ1n) is 11.7. The number of rotatable bonds is 10. The summed E-state index contributed by atoms with van der Waals surface area (Å²) in [6.07, 6.45) is 2.05. The first-order valence-corrected chi connectivity index (χ1v) is 12.1. The minimum Gasteiger partial charge on any atom is -0.497 e. The van der Waals surface area contributed by atoms with Crippen molar-refractivity contribution >= 4 is 29.4 Å². The lowest BCUT2D eigenvalue weighted by molar-refractivity contribution is -0.159. The van der Waals surface area contributed by atoms with Gasteiger partial charge in [-0.25, -0.2) is 9.59 Å². The Balaban J connectivity index is 0.000000717. The van der Waals surface area contributed by atoms with E-state index >= 15 is 0 Å². The number of carbonyl (C=O) groups excluding carboxylic acids is 1.